The molecule has 1 aliphatic heterocycles. The quantitative estimate of drug-likeness (QED) is 0.605. The molecule has 1 aliphatic rings. The summed E-state index contributed by atoms with van der Waals surface area (Å²) < 4.78 is 12.4. The lowest BCUT2D eigenvalue weighted by Gasteiger charge is -2.09. The number of aryl methyl sites for hydroxylation is 2. The maximum absolute atomic E-state index is 12.2. The zero-order chi connectivity index (χ0) is 21.1. The molecule has 30 heavy (non-hydrogen) atoms. The predicted octanol–water partition coefficient (Wildman–Crippen LogP) is 3.05. The van der Waals surface area contributed by atoms with Crippen LogP contribution in [0.4, 0.5) is 10.5 Å². The lowest BCUT2D eigenvalue weighted by atomic mass is 10.2. The van der Waals surface area contributed by atoms with E-state index in [9.17, 15) is 9.59 Å². The van der Waals surface area contributed by atoms with Crippen molar-refractivity contribution >= 4 is 29.4 Å². The van der Waals surface area contributed by atoms with E-state index in [2.05, 4.69) is 20.8 Å². The summed E-state index contributed by atoms with van der Waals surface area (Å²) in [5.74, 6) is 1.43. The summed E-state index contributed by atoms with van der Waals surface area (Å²) in [6, 6.07) is 12.3. The molecule has 9 nitrogen and oxygen atoms in total. The number of aromatic nitrogens is 3. The number of rotatable bonds is 5. The zero-order valence-electron chi connectivity index (χ0n) is 16.3. The van der Waals surface area contributed by atoms with Crippen molar-refractivity contribution < 1.29 is 19.1 Å². The molecule has 10 heteroatoms. The van der Waals surface area contributed by atoms with Gasteiger partial charge < -0.3 is 14.8 Å². The lowest BCUT2D eigenvalue weighted by Crippen LogP contribution is -2.35. The molecule has 0 spiro atoms. The van der Waals surface area contributed by atoms with E-state index < -0.39 is 11.9 Å². The molecule has 0 radical (unpaired) electrons. The van der Waals surface area contributed by atoms with E-state index in [0.29, 0.717) is 28.2 Å². The summed E-state index contributed by atoms with van der Waals surface area (Å²) in [7, 11) is 0. The summed E-state index contributed by atoms with van der Waals surface area (Å²) >= 11 is 1.20. The van der Waals surface area contributed by atoms with Crippen molar-refractivity contribution in [3.8, 4) is 17.2 Å². The van der Waals surface area contributed by atoms with Gasteiger partial charge in [0.15, 0.2) is 16.7 Å². The lowest BCUT2D eigenvalue weighted by molar-refractivity contribution is -0.117. The van der Waals surface area contributed by atoms with Crippen molar-refractivity contribution in [1.29, 1.82) is 0 Å². The number of fused-ring (bicyclic) bond motifs is 1. The summed E-state index contributed by atoms with van der Waals surface area (Å²) in [6.07, 6.45) is 0. The normalized spacial score (nSPS) is 11.9. The Hall–Kier alpha value is -3.53. The Morgan fingerprint density at radius 1 is 1.07 bits per heavy atom. The molecule has 0 fully saturated rings. The molecule has 0 atom stereocenters. The van der Waals surface area contributed by atoms with Crippen molar-refractivity contribution in [2.75, 3.05) is 17.9 Å². The number of hydrogen-bond acceptors (Lipinski definition) is 7. The van der Waals surface area contributed by atoms with E-state index in [4.69, 9.17) is 9.47 Å². The molecule has 0 saturated carbocycles. The van der Waals surface area contributed by atoms with Crippen LogP contribution in [0.2, 0.25) is 0 Å². The average Bonchev–Trinajstić information content (AvgIpc) is 3.33. The van der Waals surface area contributed by atoms with Crippen molar-refractivity contribution in [3.05, 3.63) is 53.9 Å². The third kappa shape index (κ3) is 4.38. The fourth-order valence-electron chi connectivity index (χ4n) is 2.86. The van der Waals surface area contributed by atoms with Gasteiger partial charge in [-0.05, 0) is 38.1 Å². The van der Waals surface area contributed by atoms with Gasteiger partial charge >= 0.3 is 6.03 Å². The van der Waals surface area contributed by atoms with Crippen molar-refractivity contribution in [2.45, 2.75) is 19.0 Å². The van der Waals surface area contributed by atoms with Crippen LogP contribution in [-0.4, -0.2) is 39.2 Å². The minimum atomic E-state index is -0.629. The molecule has 0 saturated heterocycles. The van der Waals surface area contributed by atoms with Gasteiger partial charge in [-0.15, -0.1) is 10.2 Å². The molecule has 0 aliphatic carbocycles. The van der Waals surface area contributed by atoms with Crippen molar-refractivity contribution in [1.82, 2.24) is 20.1 Å². The molecule has 3 aromatic rings. The molecule has 2 heterocycles. The Balaban J connectivity index is 1.34. The van der Waals surface area contributed by atoms with Crippen LogP contribution in [0.1, 0.15) is 11.4 Å². The zero-order valence-corrected chi connectivity index (χ0v) is 17.2. The molecular formula is C20H19N5O4S. The fourth-order valence-corrected chi connectivity index (χ4v) is 3.65. The number of thioether (sulfide) groups is 1. The van der Waals surface area contributed by atoms with Crippen LogP contribution < -0.4 is 20.1 Å². The number of carbonyl (C=O) groups excluding carboxylic acids is 2. The van der Waals surface area contributed by atoms with E-state index in [0.717, 1.165) is 11.3 Å². The number of amides is 3. The van der Waals surface area contributed by atoms with Crippen LogP contribution >= 0.6 is 11.8 Å². The van der Waals surface area contributed by atoms with Crippen LogP contribution in [0.25, 0.3) is 5.69 Å². The summed E-state index contributed by atoms with van der Waals surface area (Å²) in [5.41, 5.74) is 2.55. The van der Waals surface area contributed by atoms with Crippen LogP contribution in [0, 0.1) is 13.8 Å². The molecule has 2 aromatic carbocycles. The van der Waals surface area contributed by atoms with E-state index in [1.165, 1.54) is 11.8 Å². The van der Waals surface area contributed by atoms with Gasteiger partial charge in [-0.2, -0.15) is 0 Å². The number of hydrogen-bond donors (Lipinski definition) is 2. The van der Waals surface area contributed by atoms with Gasteiger partial charge in [-0.25, -0.2) is 4.79 Å². The van der Waals surface area contributed by atoms with Crippen molar-refractivity contribution in [2.24, 2.45) is 0 Å². The van der Waals surface area contributed by atoms with Crippen LogP contribution in [0.15, 0.2) is 47.6 Å². The number of benzene rings is 2. The monoisotopic (exact) mass is 425 g/mol. The minimum absolute atomic E-state index is 0.0125. The second kappa shape index (κ2) is 8.46. The molecule has 0 unspecified atom stereocenters. The number of imide groups is 1. The van der Waals surface area contributed by atoms with Gasteiger partial charge in [0.1, 0.15) is 5.82 Å². The molecule has 0 bridgehead atoms. The Morgan fingerprint density at radius 3 is 2.63 bits per heavy atom. The average molecular weight is 425 g/mol. The Kier molecular flexibility index (Phi) is 5.57. The Bertz CT molecular complexity index is 1100. The first-order chi connectivity index (χ1) is 14.5. The summed E-state index contributed by atoms with van der Waals surface area (Å²) in [4.78, 5) is 24.3. The van der Waals surface area contributed by atoms with Gasteiger partial charge in [0.2, 0.25) is 12.7 Å². The van der Waals surface area contributed by atoms with Crippen molar-refractivity contribution in [3.63, 3.8) is 0 Å². The maximum atomic E-state index is 12.2. The molecule has 2 N–H and O–H groups in total. The molecular weight excluding hydrogens is 406 g/mol. The van der Waals surface area contributed by atoms with E-state index in [-0.39, 0.29) is 12.5 Å². The molecule has 4 rings (SSSR count). The van der Waals surface area contributed by atoms with Gasteiger partial charge in [0, 0.05) is 17.4 Å². The number of anilines is 1. The second-order valence-corrected chi connectivity index (χ2v) is 7.50. The molecule has 1 aromatic heterocycles. The first kappa shape index (κ1) is 19.8. The van der Waals surface area contributed by atoms with E-state index >= 15 is 0 Å². The molecule has 3 amide bonds. The number of ether oxygens (including phenoxy) is 2. The van der Waals surface area contributed by atoms with Gasteiger partial charge in [-0.3, -0.25) is 14.7 Å². The highest BCUT2D eigenvalue weighted by atomic mass is 32.2. The third-order valence-electron chi connectivity index (χ3n) is 4.30. The number of urea groups is 1. The Morgan fingerprint density at radius 2 is 1.83 bits per heavy atom. The summed E-state index contributed by atoms with van der Waals surface area (Å²) in [5, 5.41) is 13.7. The smallest absolute Gasteiger partial charge is 0.325 e. The minimum Gasteiger partial charge on any atom is -0.454 e. The SMILES string of the molecule is Cc1ccc(-n2c(C)nnc2SCC(=O)NC(=O)Nc2ccc3c(c2)OCO3)cc1. The number of nitrogens with zero attached hydrogens (tertiary/aromatic N) is 3. The summed E-state index contributed by atoms with van der Waals surface area (Å²) in [6.45, 7) is 4.00. The first-order valence-electron chi connectivity index (χ1n) is 9.12. The highest BCUT2D eigenvalue weighted by Gasteiger charge is 2.16. The second-order valence-electron chi connectivity index (χ2n) is 6.56. The topological polar surface area (TPSA) is 107 Å². The largest absolute Gasteiger partial charge is 0.454 e. The van der Waals surface area contributed by atoms with E-state index in [1.807, 2.05) is 42.7 Å². The molecule has 154 valence electrons. The fraction of sp³-hybridized carbons (Fsp3) is 0.200. The maximum Gasteiger partial charge on any atom is 0.325 e. The first-order valence-corrected chi connectivity index (χ1v) is 10.1. The number of carbonyl (C=O) groups is 2. The highest BCUT2D eigenvalue weighted by Crippen LogP contribution is 2.34. The predicted molar refractivity (Wildman–Crippen MR) is 111 cm³/mol. The van der Waals surface area contributed by atoms with Gasteiger partial charge in [0.25, 0.3) is 0 Å². The number of nitrogens with one attached hydrogen (secondary N) is 2. The van der Waals surface area contributed by atoms with Gasteiger partial charge in [-0.1, -0.05) is 29.5 Å². The van der Waals surface area contributed by atoms with E-state index in [1.54, 1.807) is 18.2 Å². The standard InChI is InChI=1S/C20H19N5O4S/c1-12-3-6-15(7-4-12)25-13(2)23-24-20(25)30-10-18(26)22-19(27)21-14-5-8-16-17(9-14)29-11-28-16/h3-9H,10-11H2,1-2H3,(H2,21,22,26,27). The van der Waals surface area contributed by atoms with Crippen LogP contribution in [-0.2, 0) is 4.79 Å². The van der Waals surface area contributed by atoms with Crippen LogP contribution in [0.3, 0.4) is 0 Å². The Labute approximate surface area is 176 Å². The highest BCUT2D eigenvalue weighted by molar-refractivity contribution is 7.99. The van der Waals surface area contributed by atoms with Crippen LogP contribution in [0.5, 0.6) is 11.5 Å². The third-order valence-corrected chi connectivity index (χ3v) is 5.23. The van der Waals surface area contributed by atoms with Gasteiger partial charge in [0.05, 0.1) is 5.75 Å².